The van der Waals surface area contributed by atoms with Crippen LogP contribution in [0.4, 0.5) is 0 Å². The highest BCUT2D eigenvalue weighted by Crippen LogP contribution is 2.28. The summed E-state index contributed by atoms with van der Waals surface area (Å²) in [5.41, 5.74) is 1.73. The summed E-state index contributed by atoms with van der Waals surface area (Å²) in [6, 6.07) is 11.5. The Hall–Kier alpha value is -2.95. The molecule has 0 bridgehead atoms. The van der Waals surface area contributed by atoms with E-state index in [0.29, 0.717) is 37.2 Å². The average Bonchev–Trinajstić information content (AvgIpc) is 3.28. The second-order valence-corrected chi connectivity index (χ2v) is 8.49. The molecule has 1 fully saturated rings. The Morgan fingerprint density at radius 3 is 2.58 bits per heavy atom. The Bertz CT molecular complexity index is 1040. The number of rotatable bonds is 9. The lowest BCUT2D eigenvalue weighted by Crippen LogP contribution is -2.49. The molecule has 0 radical (unpaired) electrons. The molecule has 1 N–H and O–H groups in total. The summed E-state index contributed by atoms with van der Waals surface area (Å²) in [6.45, 7) is 6.26. The Morgan fingerprint density at radius 1 is 1.12 bits per heavy atom. The number of ether oxygens (including phenoxy) is 1. The van der Waals surface area contributed by atoms with E-state index in [1.807, 2.05) is 52.8 Å². The first-order valence-electron chi connectivity index (χ1n) is 11.0. The fraction of sp³-hybridized carbons (Fsp3) is 0.391. The summed E-state index contributed by atoms with van der Waals surface area (Å²) in [5.74, 6) is 1.82. The topological polar surface area (TPSA) is 96.6 Å². The lowest BCUT2D eigenvalue weighted by Gasteiger charge is -2.34. The van der Waals surface area contributed by atoms with Crippen LogP contribution in [0.15, 0.2) is 53.9 Å². The summed E-state index contributed by atoms with van der Waals surface area (Å²) in [7, 11) is 0. The highest BCUT2D eigenvalue weighted by atomic mass is 32.2. The van der Waals surface area contributed by atoms with E-state index in [9.17, 15) is 4.79 Å². The normalized spacial score (nSPS) is 14.4. The lowest BCUT2D eigenvalue weighted by molar-refractivity contribution is -0.130. The number of β-amino-alcohol motifs (C(OH)–C–C–N with tert-alkyl or cyclic N) is 1. The van der Waals surface area contributed by atoms with Crippen molar-refractivity contribution in [2.45, 2.75) is 12.1 Å². The first-order chi connectivity index (χ1) is 16.2. The van der Waals surface area contributed by atoms with E-state index in [4.69, 9.17) is 9.84 Å². The molecule has 10 heteroatoms. The van der Waals surface area contributed by atoms with E-state index >= 15 is 0 Å². The van der Waals surface area contributed by atoms with Gasteiger partial charge in [0, 0.05) is 56.4 Å². The minimum Gasteiger partial charge on any atom is -0.494 e. The quantitative estimate of drug-likeness (QED) is 0.476. The van der Waals surface area contributed by atoms with Crippen molar-refractivity contribution in [2.75, 3.05) is 51.7 Å². The van der Waals surface area contributed by atoms with Crippen molar-refractivity contribution in [1.82, 2.24) is 29.5 Å². The van der Waals surface area contributed by atoms with Crippen LogP contribution in [0.1, 0.15) is 6.92 Å². The van der Waals surface area contributed by atoms with E-state index in [1.165, 1.54) is 11.8 Å². The van der Waals surface area contributed by atoms with E-state index in [0.717, 1.165) is 30.1 Å². The number of thioether (sulfide) groups is 1. The molecule has 1 amide bonds. The van der Waals surface area contributed by atoms with E-state index in [1.54, 1.807) is 12.4 Å². The molecule has 1 aliphatic heterocycles. The molecule has 33 heavy (non-hydrogen) atoms. The van der Waals surface area contributed by atoms with Gasteiger partial charge in [0.05, 0.1) is 19.0 Å². The van der Waals surface area contributed by atoms with Crippen molar-refractivity contribution < 1.29 is 14.6 Å². The standard InChI is InChI=1S/C23H28N6O3S/c1-2-32-20-7-5-19(6-8-20)29-22(18-4-3-9-24-16-18)25-26-23(29)33-17-21(31)28-12-10-27(11-13-28)14-15-30/h3-9,16,30H,2,10-15,17H2,1H3. The Morgan fingerprint density at radius 2 is 1.91 bits per heavy atom. The van der Waals surface area contributed by atoms with Crippen molar-refractivity contribution in [3.05, 3.63) is 48.8 Å². The van der Waals surface area contributed by atoms with Crippen molar-refractivity contribution >= 4 is 17.7 Å². The fourth-order valence-corrected chi connectivity index (χ4v) is 4.57. The van der Waals surface area contributed by atoms with Crippen LogP contribution >= 0.6 is 11.8 Å². The van der Waals surface area contributed by atoms with Crippen LogP contribution < -0.4 is 4.74 Å². The molecule has 3 aromatic rings. The predicted octanol–water partition coefficient (Wildman–Crippen LogP) is 1.96. The van der Waals surface area contributed by atoms with Crippen molar-refractivity contribution in [3.63, 3.8) is 0 Å². The molecule has 9 nitrogen and oxygen atoms in total. The highest BCUT2D eigenvalue weighted by molar-refractivity contribution is 7.99. The number of nitrogens with zero attached hydrogens (tertiary/aromatic N) is 6. The van der Waals surface area contributed by atoms with E-state index in [2.05, 4.69) is 20.1 Å². The minimum absolute atomic E-state index is 0.0767. The van der Waals surface area contributed by atoms with Gasteiger partial charge in [-0.3, -0.25) is 19.2 Å². The number of aliphatic hydroxyl groups is 1. The third kappa shape index (κ3) is 5.70. The monoisotopic (exact) mass is 468 g/mol. The Kier molecular flexibility index (Phi) is 7.92. The summed E-state index contributed by atoms with van der Waals surface area (Å²) in [5, 5.41) is 18.5. The number of carbonyl (C=O) groups is 1. The second kappa shape index (κ2) is 11.3. The maximum atomic E-state index is 12.8. The Balaban J connectivity index is 1.52. The maximum Gasteiger partial charge on any atom is 0.233 e. The van der Waals surface area contributed by atoms with Gasteiger partial charge in [-0.15, -0.1) is 10.2 Å². The molecule has 1 aliphatic rings. The van der Waals surface area contributed by atoms with Gasteiger partial charge in [-0.2, -0.15) is 0 Å². The number of benzene rings is 1. The SMILES string of the molecule is CCOc1ccc(-n2c(SCC(=O)N3CCN(CCO)CC3)nnc2-c2cccnc2)cc1. The molecule has 3 heterocycles. The molecule has 1 aromatic carbocycles. The number of carbonyl (C=O) groups excluding carboxylic acids is 1. The van der Waals surface area contributed by atoms with E-state index < -0.39 is 0 Å². The summed E-state index contributed by atoms with van der Waals surface area (Å²) < 4.78 is 7.52. The van der Waals surface area contributed by atoms with Crippen molar-refractivity contribution in [2.24, 2.45) is 0 Å². The van der Waals surface area contributed by atoms with Crippen LogP contribution in [0.2, 0.25) is 0 Å². The predicted molar refractivity (Wildman–Crippen MR) is 127 cm³/mol. The molecule has 0 atom stereocenters. The number of amides is 1. The van der Waals surface area contributed by atoms with Crippen LogP contribution in [0.5, 0.6) is 5.75 Å². The molecule has 0 saturated carbocycles. The van der Waals surface area contributed by atoms with Crippen LogP contribution in [-0.2, 0) is 4.79 Å². The summed E-state index contributed by atoms with van der Waals surface area (Å²) in [4.78, 5) is 21.1. The van der Waals surface area contributed by atoms with Crippen LogP contribution in [-0.4, -0.2) is 92.3 Å². The Labute approximate surface area is 197 Å². The van der Waals surface area contributed by atoms with Crippen molar-refractivity contribution in [1.29, 1.82) is 0 Å². The molecular formula is C23H28N6O3S. The zero-order chi connectivity index (χ0) is 23.0. The van der Waals surface area contributed by atoms with Gasteiger partial charge in [-0.05, 0) is 43.3 Å². The van der Waals surface area contributed by atoms with Crippen LogP contribution in [0.3, 0.4) is 0 Å². The first-order valence-corrected chi connectivity index (χ1v) is 12.0. The third-order valence-corrected chi connectivity index (χ3v) is 6.34. The lowest BCUT2D eigenvalue weighted by atomic mass is 10.2. The van der Waals surface area contributed by atoms with Crippen LogP contribution in [0.25, 0.3) is 17.1 Å². The summed E-state index contributed by atoms with van der Waals surface area (Å²) >= 11 is 1.38. The van der Waals surface area contributed by atoms with Gasteiger partial charge in [0.2, 0.25) is 5.91 Å². The second-order valence-electron chi connectivity index (χ2n) is 7.54. The molecule has 2 aromatic heterocycles. The first kappa shape index (κ1) is 23.2. The van der Waals surface area contributed by atoms with Gasteiger partial charge in [0.15, 0.2) is 11.0 Å². The largest absolute Gasteiger partial charge is 0.494 e. The van der Waals surface area contributed by atoms with Gasteiger partial charge in [0.25, 0.3) is 0 Å². The maximum absolute atomic E-state index is 12.8. The number of piperazine rings is 1. The fourth-order valence-electron chi connectivity index (χ4n) is 3.72. The van der Waals surface area contributed by atoms with Crippen LogP contribution in [0, 0.1) is 0 Å². The number of aromatic nitrogens is 4. The van der Waals surface area contributed by atoms with Gasteiger partial charge < -0.3 is 14.7 Å². The smallest absolute Gasteiger partial charge is 0.233 e. The average molecular weight is 469 g/mol. The molecule has 1 saturated heterocycles. The number of aliphatic hydroxyl groups excluding tert-OH is 1. The molecule has 0 unspecified atom stereocenters. The molecule has 0 spiro atoms. The molecule has 0 aliphatic carbocycles. The number of hydrogen-bond acceptors (Lipinski definition) is 8. The molecule has 174 valence electrons. The minimum atomic E-state index is 0.0767. The number of pyridine rings is 1. The highest BCUT2D eigenvalue weighted by Gasteiger charge is 2.23. The van der Waals surface area contributed by atoms with Gasteiger partial charge >= 0.3 is 0 Å². The third-order valence-electron chi connectivity index (χ3n) is 5.42. The van der Waals surface area contributed by atoms with Gasteiger partial charge in [-0.25, -0.2) is 0 Å². The zero-order valence-corrected chi connectivity index (χ0v) is 19.4. The van der Waals surface area contributed by atoms with Gasteiger partial charge in [0.1, 0.15) is 5.75 Å². The molecule has 4 rings (SSSR count). The van der Waals surface area contributed by atoms with Crippen molar-refractivity contribution in [3.8, 4) is 22.8 Å². The molecular weight excluding hydrogens is 440 g/mol. The van der Waals surface area contributed by atoms with E-state index in [-0.39, 0.29) is 18.3 Å². The summed E-state index contributed by atoms with van der Waals surface area (Å²) in [6.07, 6.45) is 3.47. The van der Waals surface area contributed by atoms with Gasteiger partial charge in [-0.1, -0.05) is 11.8 Å². The number of hydrogen-bond donors (Lipinski definition) is 1. The zero-order valence-electron chi connectivity index (χ0n) is 18.6.